The topological polar surface area (TPSA) is 48.1 Å². The van der Waals surface area contributed by atoms with Gasteiger partial charge in [-0.3, -0.25) is 0 Å². The third kappa shape index (κ3) is 2.42. The summed E-state index contributed by atoms with van der Waals surface area (Å²) >= 11 is 0. The van der Waals surface area contributed by atoms with Crippen molar-refractivity contribution in [2.75, 3.05) is 5.73 Å². The summed E-state index contributed by atoms with van der Waals surface area (Å²) in [6.07, 6.45) is 1.16. The Bertz CT molecular complexity index is 250. The zero-order valence-electron chi connectivity index (χ0n) is 7.45. The standard InChI is InChI=1S/C9H14N2O/c1-3-7(2)12-9-6-4-5-8(10)11-9/h4-7H,3H2,1-2H3,(H2,10,11)/t7-/m0/s1. The lowest BCUT2D eigenvalue weighted by molar-refractivity contribution is 0.209. The molecule has 66 valence electrons. The summed E-state index contributed by atoms with van der Waals surface area (Å²) in [5.41, 5.74) is 5.48. The van der Waals surface area contributed by atoms with Crippen molar-refractivity contribution in [2.24, 2.45) is 0 Å². The highest BCUT2D eigenvalue weighted by Gasteiger charge is 2.01. The first-order valence-corrected chi connectivity index (χ1v) is 4.11. The average Bonchev–Trinajstić information content (AvgIpc) is 2.04. The Morgan fingerprint density at radius 1 is 1.58 bits per heavy atom. The molecule has 0 fully saturated rings. The van der Waals surface area contributed by atoms with Crippen molar-refractivity contribution >= 4 is 5.82 Å². The van der Waals surface area contributed by atoms with E-state index in [0.717, 1.165) is 6.42 Å². The summed E-state index contributed by atoms with van der Waals surface area (Å²) in [7, 11) is 0. The molecule has 0 amide bonds. The number of rotatable bonds is 3. The van der Waals surface area contributed by atoms with Gasteiger partial charge in [-0.25, -0.2) is 0 Å². The van der Waals surface area contributed by atoms with Gasteiger partial charge in [-0.15, -0.1) is 0 Å². The summed E-state index contributed by atoms with van der Waals surface area (Å²) in [6, 6.07) is 5.38. The lowest BCUT2D eigenvalue weighted by Crippen LogP contribution is -2.10. The number of hydrogen-bond acceptors (Lipinski definition) is 3. The van der Waals surface area contributed by atoms with E-state index in [1.54, 1.807) is 6.07 Å². The summed E-state index contributed by atoms with van der Waals surface area (Å²) < 4.78 is 5.45. The minimum absolute atomic E-state index is 0.194. The first kappa shape index (κ1) is 8.84. The molecule has 0 aliphatic carbocycles. The second-order valence-electron chi connectivity index (χ2n) is 2.74. The summed E-state index contributed by atoms with van der Waals surface area (Å²) in [6.45, 7) is 4.07. The van der Waals surface area contributed by atoms with Crippen LogP contribution in [0.4, 0.5) is 5.82 Å². The van der Waals surface area contributed by atoms with Crippen molar-refractivity contribution in [3.05, 3.63) is 18.2 Å². The quantitative estimate of drug-likeness (QED) is 0.745. The van der Waals surface area contributed by atoms with Crippen LogP contribution in [0.25, 0.3) is 0 Å². The molecule has 1 heterocycles. The molecule has 1 rings (SSSR count). The number of anilines is 1. The maximum Gasteiger partial charge on any atom is 0.215 e. The molecule has 0 bridgehead atoms. The molecule has 0 aromatic carbocycles. The van der Waals surface area contributed by atoms with Crippen molar-refractivity contribution < 1.29 is 4.74 Å². The van der Waals surface area contributed by atoms with Gasteiger partial charge in [-0.2, -0.15) is 4.98 Å². The fourth-order valence-electron chi connectivity index (χ4n) is 0.786. The van der Waals surface area contributed by atoms with Crippen LogP contribution in [0.5, 0.6) is 5.88 Å². The van der Waals surface area contributed by atoms with E-state index in [1.807, 2.05) is 19.1 Å². The first-order valence-electron chi connectivity index (χ1n) is 4.11. The molecule has 2 N–H and O–H groups in total. The lowest BCUT2D eigenvalue weighted by atomic mass is 10.3. The van der Waals surface area contributed by atoms with Crippen LogP contribution in [0.1, 0.15) is 20.3 Å². The Labute approximate surface area is 72.6 Å². The number of ether oxygens (including phenoxy) is 1. The molecule has 1 atom stereocenters. The second-order valence-corrected chi connectivity index (χ2v) is 2.74. The predicted molar refractivity (Wildman–Crippen MR) is 49.0 cm³/mol. The molecule has 0 saturated carbocycles. The minimum atomic E-state index is 0.194. The highest BCUT2D eigenvalue weighted by Crippen LogP contribution is 2.11. The van der Waals surface area contributed by atoms with E-state index in [9.17, 15) is 0 Å². The van der Waals surface area contributed by atoms with Gasteiger partial charge >= 0.3 is 0 Å². The van der Waals surface area contributed by atoms with Crippen LogP contribution in [0.2, 0.25) is 0 Å². The third-order valence-electron chi connectivity index (χ3n) is 1.64. The van der Waals surface area contributed by atoms with Gasteiger partial charge in [0.1, 0.15) is 5.82 Å². The largest absolute Gasteiger partial charge is 0.475 e. The molecule has 0 spiro atoms. The van der Waals surface area contributed by atoms with Gasteiger partial charge in [-0.1, -0.05) is 13.0 Å². The summed E-state index contributed by atoms with van der Waals surface area (Å²) in [5, 5.41) is 0. The van der Waals surface area contributed by atoms with Gasteiger partial charge in [0.05, 0.1) is 6.10 Å². The molecule has 0 unspecified atom stereocenters. The molecule has 3 heteroatoms. The van der Waals surface area contributed by atoms with E-state index in [1.165, 1.54) is 0 Å². The van der Waals surface area contributed by atoms with Crippen molar-refractivity contribution in [1.82, 2.24) is 4.98 Å². The molecular weight excluding hydrogens is 152 g/mol. The van der Waals surface area contributed by atoms with Gasteiger partial charge in [0.25, 0.3) is 0 Å². The van der Waals surface area contributed by atoms with Gasteiger partial charge in [0.15, 0.2) is 0 Å². The van der Waals surface area contributed by atoms with E-state index in [4.69, 9.17) is 10.5 Å². The molecule has 3 nitrogen and oxygen atoms in total. The minimum Gasteiger partial charge on any atom is -0.475 e. The Hall–Kier alpha value is -1.25. The van der Waals surface area contributed by atoms with Gasteiger partial charge in [-0.05, 0) is 19.4 Å². The highest BCUT2D eigenvalue weighted by atomic mass is 16.5. The maximum absolute atomic E-state index is 5.48. The van der Waals surface area contributed by atoms with Crippen LogP contribution < -0.4 is 10.5 Å². The molecule has 12 heavy (non-hydrogen) atoms. The Morgan fingerprint density at radius 3 is 2.92 bits per heavy atom. The Kier molecular flexibility index (Phi) is 2.91. The third-order valence-corrected chi connectivity index (χ3v) is 1.64. The molecule has 1 aromatic rings. The van der Waals surface area contributed by atoms with Gasteiger partial charge in [0, 0.05) is 6.07 Å². The number of hydrogen-bond donors (Lipinski definition) is 1. The summed E-state index contributed by atoms with van der Waals surface area (Å²) in [5.74, 6) is 1.10. The van der Waals surface area contributed by atoms with Crippen LogP contribution in [-0.2, 0) is 0 Å². The van der Waals surface area contributed by atoms with E-state index >= 15 is 0 Å². The molecule has 0 radical (unpaired) electrons. The van der Waals surface area contributed by atoms with E-state index in [2.05, 4.69) is 11.9 Å². The number of pyridine rings is 1. The maximum atomic E-state index is 5.48. The molecular formula is C9H14N2O. The second kappa shape index (κ2) is 3.95. The molecule has 0 aliphatic rings. The van der Waals surface area contributed by atoms with E-state index in [0.29, 0.717) is 11.7 Å². The van der Waals surface area contributed by atoms with Crippen LogP contribution in [-0.4, -0.2) is 11.1 Å². The molecule has 1 aromatic heterocycles. The zero-order valence-corrected chi connectivity index (χ0v) is 7.45. The van der Waals surface area contributed by atoms with Gasteiger partial charge in [0.2, 0.25) is 5.88 Å². The molecule has 0 saturated heterocycles. The smallest absolute Gasteiger partial charge is 0.215 e. The zero-order chi connectivity index (χ0) is 8.97. The first-order chi connectivity index (χ1) is 5.72. The monoisotopic (exact) mass is 166 g/mol. The van der Waals surface area contributed by atoms with E-state index < -0.39 is 0 Å². The predicted octanol–water partition coefficient (Wildman–Crippen LogP) is 1.84. The number of nitrogen functional groups attached to an aromatic ring is 1. The number of aromatic nitrogens is 1. The van der Waals surface area contributed by atoms with Crippen LogP contribution in [0, 0.1) is 0 Å². The van der Waals surface area contributed by atoms with Crippen molar-refractivity contribution in [1.29, 1.82) is 0 Å². The number of nitrogens with zero attached hydrogens (tertiary/aromatic N) is 1. The Morgan fingerprint density at radius 2 is 2.33 bits per heavy atom. The lowest BCUT2D eigenvalue weighted by Gasteiger charge is -2.10. The van der Waals surface area contributed by atoms with Crippen LogP contribution >= 0.6 is 0 Å². The van der Waals surface area contributed by atoms with Crippen molar-refractivity contribution in [3.63, 3.8) is 0 Å². The SMILES string of the molecule is CC[C@H](C)Oc1cccc(N)n1. The van der Waals surface area contributed by atoms with E-state index in [-0.39, 0.29) is 6.10 Å². The number of nitrogens with two attached hydrogens (primary N) is 1. The van der Waals surface area contributed by atoms with Crippen molar-refractivity contribution in [2.45, 2.75) is 26.4 Å². The normalized spacial score (nSPS) is 12.5. The average molecular weight is 166 g/mol. The molecule has 0 aliphatic heterocycles. The van der Waals surface area contributed by atoms with Crippen molar-refractivity contribution in [3.8, 4) is 5.88 Å². The summed E-state index contributed by atoms with van der Waals surface area (Å²) in [4.78, 5) is 4.02. The Balaban J connectivity index is 2.63. The van der Waals surface area contributed by atoms with Crippen LogP contribution in [0.3, 0.4) is 0 Å². The fourth-order valence-corrected chi connectivity index (χ4v) is 0.786. The fraction of sp³-hybridized carbons (Fsp3) is 0.444. The van der Waals surface area contributed by atoms with Gasteiger partial charge < -0.3 is 10.5 Å². The highest BCUT2D eigenvalue weighted by molar-refractivity contribution is 5.31. The van der Waals surface area contributed by atoms with Crippen LogP contribution in [0.15, 0.2) is 18.2 Å².